The van der Waals surface area contributed by atoms with Crippen LogP contribution in [0.4, 0.5) is 0 Å². The van der Waals surface area contributed by atoms with Gasteiger partial charge in [-0.2, -0.15) is 0 Å². The Hall–Kier alpha value is -1.07. The molecule has 0 saturated heterocycles. The average molecular weight is 330 g/mol. The molecule has 0 amide bonds. The Morgan fingerprint density at radius 2 is 1.65 bits per heavy atom. The van der Waals surface area contributed by atoms with E-state index in [0.717, 1.165) is 5.56 Å². The maximum Gasteiger partial charge on any atom is 0.216 e. The van der Waals surface area contributed by atoms with E-state index < -0.39 is 10.0 Å². The highest BCUT2D eigenvalue weighted by atomic mass is 35.5. The second-order valence-corrected chi connectivity index (χ2v) is 6.87. The zero-order valence-corrected chi connectivity index (χ0v) is 12.8. The summed E-state index contributed by atoms with van der Waals surface area (Å²) < 4.78 is 26.5. The molecule has 0 atom stereocenters. The van der Waals surface area contributed by atoms with Crippen LogP contribution in [0.2, 0.25) is 10.0 Å². The van der Waals surface area contributed by atoms with Gasteiger partial charge in [-0.15, -0.1) is 0 Å². The Kier molecular flexibility index (Phi) is 5.05. The first kappa shape index (κ1) is 15.3. The first-order valence-electron chi connectivity index (χ1n) is 5.92. The van der Waals surface area contributed by atoms with E-state index in [1.165, 1.54) is 0 Å². The molecular formula is C14H13Cl2NO2S. The molecule has 0 unspecified atom stereocenters. The number of hydrogen-bond donors (Lipinski definition) is 1. The van der Waals surface area contributed by atoms with Crippen LogP contribution in [0.25, 0.3) is 0 Å². The van der Waals surface area contributed by atoms with Crippen molar-refractivity contribution in [1.29, 1.82) is 0 Å². The Bertz CT molecular complexity index is 688. The monoisotopic (exact) mass is 329 g/mol. The SMILES string of the molecule is O=S(=O)(Cc1ccccc1)NCc1cccc(Cl)c1Cl. The lowest BCUT2D eigenvalue weighted by molar-refractivity contribution is 0.580. The predicted octanol–water partition coefficient (Wildman–Crippen LogP) is 3.61. The molecule has 0 aliphatic heterocycles. The van der Waals surface area contributed by atoms with Crippen LogP contribution in [0.1, 0.15) is 11.1 Å². The Morgan fingerprint density at radius 3 is 2.35 bits per heavy atom. The summed E-state index contributed by atoms with van der Waals surface area (Å²) in [6.45, 7) is 0.120. The van der Waals surface area contributed by atoms with Crippen molar-refractivity contribution in [2.24, 2.45) is 0 Å². The lowest BCUT2D eigenvalue weighted by Crippen LogP contribution is -2.24. The predicted molar refractivity (Wildman–Crippen MR) is 82.4 cm³/mol. The minimum absolute atomic E-state index is 0.0635. The second kappa shape index (κ2) is 6.59. The maximum absolute atomic E-state index is 12.0. The van der Waals surface area contributed by atoms with Gasteiger partial charge in [-0.1, -0.05) is 65.7 Å². The highest BCUT2D eigenvalue weighted by Crippen LogP contribution is 2.25. The van der Waals surface area contributed by atoms with Crippen LogP contribution in [0.5, 0.6) is 0 Å². The smallest absolute Gasteiger partial charge is 0.212 e. The van der Waals surface area contributed by atoms with Gasteiger partial charge in [-0.25, -0.2) is 13.1 Å². The third-order valence-corrected chi connectivity index (χ3v) is 4.87. The molecule has 2 aromatic carbocycles. The van der Waals surface area contributed by atoms with Crippen LogP contribution in [0.15, 0.2) is 48.5 Å². The van der Waals surface area contributed by atoms with Gasteiger partial charge in [0.05, 0.1) is 15.8 Å². The summed E-state index contributed by atoms with van der Waals surface area (Å²) in [5.74, 6) is -0.0635. The molecule has 2 aromatic rings. The molecule has 6 heteroatoms. The van der Waals surface area contributed by atoms with E-state index in [0.29, 0.717) is 15.6 Å². The molecule has 0 aromatic heterocycles. The molecule has 1 N–H and O–H groups in total. The molecule has 0 fully saturated rings. The van der Waals surface area contributed by atoms with E-state index >= 15 is 0 Å². The van der Waals surface area contributed by atoms with Gasteiger partial charge in [0, 0.05) is 6.54 Å². The Labute approximate surface area is 128 Å². The van der Waals surface area contributed by atoms with Gasteiger partial charge in [0.1, 0.15) is 0 Å². The average Bonchev–Trinajstić information content (AvgIpc) is 2.41. The van der Waals surface area contributed by atoms with E-state index in [9.17, 15) is 8.42 Å². The fourth-order valence-electron chi connectivity index (χ4n) is 1.72. The molecule has 0 saturated carbocycles. The van der Waals surface area contributed by atoms with Crippen LogP contribution in [0, 0.1) is 0 Å². The number of benzene rings is 2. The summed E-state index contributed by atoms with van der Waals surface area (Å²) in [6, 6.07) is 14.1. The summed E-state index contributed by atoms with van der Waals surface area (Å²) in [5, 5.41) is 0.781. The van der Waals surface area contributed by atoms with Crippen molar-refractivity contribution in [2.45, 2.75) is 12.3 Å². The maximum atomic E-state index is 12.0. The third kappa shape index (κ3) is 4.21. The summed E-state index contributed by atoms with van der Waals surface area (Å²) in [5.41, 5.74) is 1.38. The topological polar surface area (TPSA) is 46.2 Å². The largest absolute Gasteiger partial charge is 0.216 e. The fourth-order valence-corrected chi connectivity index (χ4v) is 3.21. The van der Waals surface area contributed by atoms with Crippen LogP contribution < -0.4 is 4.72 Å². The fraction of sp³-hybridized carbons (Fsp3) is 0.143. The van der Waals surface area contributed by atoms with E-state index in [1.54, 1.807) is 42.5 Å². The Morgan fingerprint density at radius 1 is 0.950 bits per heavy atom. The van der Waals surface area contributed by atoms with Gasteiger partial charge >= 0.3 is 0 Å². The summed E-state index contributed by atoms with van der Waals surface area (Å²) in [6.07, 6.45) is 0. The molecule has 0 aliphatic carbocycles. The lowest BCUT2D eigenvalue weighted by atomic mass is 10.2. The highest BCUT2D eigenvalue weighted by molar-refractivity contribution is 7.88. The molecule has 20 heavy (non-hydrogen) atoms. The molecule has 0 heterocycles. The van der Waals surface area contributed by atoms with Crippen molar-refractivity contribution in [1.82, 2.24) is 4.72 Å². The van der Waals surface area contributed by atoms with Crippen molar-refractivity contribution in [3.63, 3.8) is 0 Å². The van der Waals surface area contributed by atoms with Crippen molar-refractivity contribution in [2.75, 3.05) is 0 Å². The number of halogens is 2. The van der Waals surface area contributed by atoms with Crippen LogP contribution >= 0.6 is 23.2 Å². The molecular weight excluding hydrogens is 317 g/mol. The normalized spacial score (nSPS) is 11.5. The van der Waals surface area contributed by atoms with E-state index in [1.807, 2.05) is 6.07 Å². The first-order chi connectivity index (χ1) is 9.48. The number of hydrogen-bond acceptors (Lipinski definition) is 2. The molecule has 0 bridgehead atoms. The molecule has 0 aliphatic rings. The van der Waals surface area contributed by atoms with Crippen LogP contribution in [-0.4, -0.2) is 8.42 Å². The molecule has 0 spiro atoms. The van der Waals surface area contributed by atoms with Gasteiger partial charge < -0.3 is 0 Å². The first-order valence-corrected chi connectivity index (χ1v) is 8.33. The second-order valence-electron chi connectivity index (χ2n) is 4.28. The highest BCUT2D eigenvalue weighted by Gasteiger charge is 2.12. The van der Waals surface area contributed by atoms with Gasteiger partial charge in [0.25, 0.3) is 0 Å². The zero-order chi connectivity index (χ0) is 14.6. The summed E-state index contributed by atoms with van der Waals surface area (Å²) >= 11 is 11.9. The summed E-state index contributed by atoms with van der Waals surface area (Å²) in [7, 11) is -3.41. The van der Waals surface area contributed by atoms with E-state index in [2.05, 4.69) is 4.72 Å². The van der Waals surface area contributed by atoms with Crippen molar-refractivity contribution in [3.05, 3.63) is 69.7 Å². The number of sulfonamides is 1. The molecule has 0 radical (unpaired) electrons. The van der Waals surface area contributed by atoms with Gasteiger partial charge in [-0.05, 0) is 17.2 Å². The molecule has 2 rings (SSSR count). The Balaban J connectivity index is 2.04. The molecule has 106 valence electrons. The number of rotatable bonds is 5. The van der Waals surface area contributed by atoms with Crippen LogP contribution in [0.3, 0.4) is 0 Å². The zero-order valence-electron chi connectivity index (χ0n) is 10.5. The van der Waals surface area contributed by atoms with Crippen LogP contribution in [-0.2, 0) is 22.3 Å². The van der Waals surface area contributed by atoms with Gasteiger partial charge in [0.2, 0.25) is 10.0 Å². The van der Waals surface area contributed by atoms with Crippen molar-refractivity contribution in [3.8, 4) is 0 Å². The lowest BCUT2D eigenvalue weighted by Gasteiger charge is -2.09. The standard InChI is InChI=1S/C14H13Cl2NO2S/c15-13-8-4-7-12(14(13)16)9-17-20(18,19)10-11-5-2-1-3-6-11/h1-8,17H,9-10H2. The summed E-state index contributed by atoms with van der Waals surface area (Å²) in [4.78, 5) is 0. The van der Waals surface area contributed by atoms with Gasteiger partial charge in [0.15, 0.2) is 0 Å². The third-order valence-electron chi connectivity index (χ3n) is 2.71. The van der Waals surface area contributed by atoms with Gasteiger partial charge in [-0.3, -0.25) is 0 Å². The van der Waals surface area contributed by atoms with E-state index in [4.69, 9.17) is 23.2 Å². The minimum atomic E-state index is -3.41. The number of nitrogens with one attached hydrogen (secondary N) is 1. The van der Waals surface area contributed by atoms with Crippen molar-refractivity contribution >= 4 is 33.2 Å². The minimum Gasteiger partial charge on any atom is -0.212 e. The van der Waals surface area contributed by atoms with Crippen molar-refractivity contribution < 1.29 is 8.42 Å². The van der Waals surface area contributed by atoms with E-state index in [-0.39, 0.29) is 12.3 Å². The quantitative estimate of drug-likeness (QED) is 0.910. The molecule has 3 nitrogen and oxygen atoms in total.